The molecule has 0 aliphatic heterocycles. The van der Waals surface area contributed by atoms with E-state index in [2.05, 4.69) is 0 Å². The van der Waals surface area contributed by atoms with Crippen molar-refractivity contribution in [2.24, 2.45) is 0 Å². The van der Waals surface area contributed by atoms with Gasteiger partial charge in [-0.15, -0.1) is 22.9 Å². The van der Waals surface area contributed by atoms with E-state index in [0.29, 0.717) is 17.9 Å². The fraction of sp³-hybridized carbons (Fsp3) is 0.429. The third-order valence-corrected chi connectivity index (χ3v) is 6.65. The van der Waals surface area contributed by atoms with Gasteiger partial charge in [-0.05, 0) is 31.7 Å². The van der Waals surface area contributed by atoms with Crippen LogP contribution in [0.3, 0.4) is 0 Å². The number of halogens is 1. The Bertz CT molecular complexity index is 692. The highest BCUT2D eigenvalue weighted by Gasteiger charge is 2.29. The van der Waals surface area contributed by atoms with Crippen LogP contribution >= 0.6 is 22.9 Å². The topological polar surface area (TPSA) is 50.5 Å². The van der Waals surface area contributed by atoms with Crippen LogP contribution in [0.4, 0.5) is 0 Å². The highest BCUT2D eigenvalue weighted by Crippen LogP contribution is 2.26. The van der Waals surface area contributed by atoms with Gasteiger partial charge in [0.15, 0.2) is 0 Å². The first-order valence-electron chi connectivity index (χ1n) is 6.52. The maximum absolute atomic E-state index is 12.7. The second kappa shape index (κ2) is 6.52. The van der Waals surface area contributed by atoms with Crippen molar-refractivity contribution < 1.29 is 12.8 Å². The Morgan fingerprint density at radius 1 is 1.48 bits per heavy atom. The first kappa shape index (κ1) is 16.5. The summed E-state index contributed by atoms with van der Waals surface area (Å²) in [5.74, 6) is 0.998. The molecular formula is C14H18ClNO3S2. The van der Waals surface area contributed by atoms with Crippen LogP contribution in [0.15, 0.2) is 32.9 Å². The lowest BCUT2D eigenvalue weighted by atomic mass is 10.2. The van der Waals surface area contributed by atoms with Crippen molar-refractivity contribution in [1.82, 2.24) is 4.31 Å². The number of thiophene rings is 1. The molecule has 1 unspecified atom stereocenters. The van der Waals surface area contributed by atoms with Crippen LogP contribution in [-0.2, 0) is 22.3 Å². The second-order valence-electron chi connectivity index (χ2n) is 4.92. The minimum absolute atomic E-state index is 0.137. The third kappa shape index (κ3) is 3.51. The monoisotopic (exact) mass is 347 g/mol. The quantitative estimate of drug-likeness (QED) is 0.749. The minimum atomic E-state index is -3.58. The Labute approximate surface area is 134 Å². The number of hydrogen-bond acceptors (Lipinski definition) is 4. The van der Waals surface area contributed by atoms with E-state index in [9.17, 15) is 8.42 Å². The van der Waals surface area contributed by atoms with Crippen LogP contribution in [-0.4, -0.2) is 25.8 Å². The largest absolute Gasteiger partial charge is 0.464 e. The van der Waals surface area contributed by atoms with E-state index in [1.807, 2.05) is 24.4 Å². The molecule has 0 spiro atoms. The van der Waals surface area contributed by atoms with Gasteiger partial charge in [0.05, 0.1) is 5.88 Å². The third-order valence-electron chi connectivity index (χ3n) is 3.41. The summed E-state index contributed by atoms with van der Waals surface area (Å²) in [7, 11) is -1.98. The Kier molecular flexibility index (Phi) is 5.14. The van der Waals surface area contributed by atoms with E-state index in [1.54, 1.807) is 25.3 Å². The first-order chi connectivity index (χ1) is 9.86. The molecule has 21 heavy (non-hydrogen) atoms. The zero-order chi connectivity index (χ0) is 15.6. The number of rotatable bonds is 6. The van der Waals surface area contributed by atoms with E-state index >= 15 is 0 Å². The first-order valence-corrected chi connectivity index (χ1v) is 9.37. The van der Waals surface area contributed by atoms with Gasteiger partial charge in [0.1, 0.15) is 16.4 Å². The second-order valence-corrected chi connectivity index (χ2v) is 8.19. The van der Waals surface area contributed by atoms with E-state index in [-0.39, 0.29) is 16.8 Å². The number of hydrogen-bond donors (Lipinski definition) is 0. The van der Waals surface area contributed by atoms with Crippen LogP contribution in [0.5, 0.6) is 0 Å². The van der Waals surface area contributed by atoms with E-state index in [1.165, 1.54) is 10.4 Å². The number of nitrogens with zero attached hydrogens (tertiary/aromatic N) is 1. The fourth-order valence-electron chi connectivity index (χ4n) is 2.09. The van der Waals surface area contributed by atoms with Crippen LogP contribution < -0.4 is 0 Å². The zero-order valence-corrected chi connectivity index (χ0v) is 14.6. The smallest absolute Gasteiger partial charge is 0.246 e. The van der Waals surface area contributed by atoms with Gasteiger partial charge < -0.3 is 4.42 Å². The molecule has 0 radical (unpaired) electrons. The summed E-state index contributed by atoms with van der Waals surface area (Å²) in [4.78, 5) is 1.36. The molecule has 0 N–H and O–H groups in total. The summed E-state index contributed by atoms with van der Waals surface area (Å²) in [5.41, 5.74) is 0. The number of furan rings is 1. The Morgan fingerprint density at radius 2 is 2.19 bits per heavy atom. The predicted molar refractivity (Wildman–Crippen MR) is 85.4 cm³/mol. The van der Waals surface area contributed by atoms with Gasteiger partial charge in [0.25, 0.3) is 0 Å². The summed E-state index contributed by atoms with van der Waals surface area (Å²) in [6.45, 7) is 3.54. The maximum atomic E-state index is 12.7. The van der Waals surface area contributed by atoms with Crippen LogP contribution in [0, 0.1) is 6.92 Å². The lowest BCUT2D eigenvalue weighted by Gasteiger charge is -2.23. The molecule has 0 aliphatic carbocycles. The number of sulfonamides is 1. The number of likely N-dealkylation sites (N-methyl/N-ethyl adjacent to an activating group) is 1. The average Bonchev–Trinajstić information content (AvgIpc) is 3.07. The summed E-state index contributed by atoms with van der Waals surface area (Å²) >= 11 is 7.33. The standard InChI is InChI=1S/C14H18ClNO3S2/c1-10(7-13-5-4-6-20-13)16(3)21(17,18)14-8-12(9-15)19-11(14)2/h4-6,8,10H,7,9H2,1-3H3. The molecule has 0 saturated heterocycles. The molecule has 2 aromatic rings. The molecule has 116 valence electrons. The van der Waals surface area contributed by atoms with Crippen molar-refractivity contribution >= 4 is 33.0 Å². The molecule has 0 aromatic carbocycles. The summed E-state index contributed by atoms with van der Waals surface area (Å²) in [6, 6.07) is 5.35. The molecular weight excluding hydrogens is 330 g/mol. The molecule has 1 atom stereocenters. The van der Waals surface area contributed by atoms with Crippen molar-refractivity contribution in [1.29, 1.82) is 0 Å². The molecule has 0 fully saturated rings. The van der Waals surface area contributed by atoms with Gasteiger partial charge in [-0.25, -0.2) is 8.42 Å². The Hall–Kier alpha value is -0.820. The lowest BCUT2D eigenvalue weighted by molar-refractivity contribution is 0.386. The fourth-order valence-corrected chi connectivity index (χ4v) is 4.59. The van der Waals surface area contributed by atoms with Crippen LogP contribution in [0.25, 0.3) is 0 Å². The summed E-state index contributed by atoms with van der Waals surface area (Å²) < 4.78 is 32.1. The van der Waals surface area contributed by atoms with Crippen molar-refractivity contribution in [2.45, 2.75) is 37.1 Å². The number of aryl methyl sites for hydroxylation is 1. The van der Waals surface area contributed by atoms with Crippen molar-refractivity contribution in [3.05, 3.63) is 40.0 Å². The maximum Gasteiger partial charge on any atom is 0.246 e. The molecule has 0 aliphatic rings. The van der Waals surface area contributed by atoms with E-state index in [0.717, 1.165) is 4.88 Å². The molecule has 4 nitrogen and oxygen atoms in total. The normalized spacial score (nSPS) is 13.8. The molecule has 2 aromatic heterocycles. The SMILES string of the molecule is Cc1oc(CCl)cc1S(=O)(=O)N(C)C(C)Cc1cccs1. The van der Waals surface area contributed by atoms with Gasteiger partial charge in [0, 0.05) is 24.0 Å². The summed E-state index contributed by atoms with van der Waals surface area (Å²) in [5, 5.41) is 1.99. The van der Waals surface area contributed by atoms with Gasteiger partial charge in [-0.3, -0.25) is 0 Å². The minimum Gasteiger partial charge on any atom is -0.464 e. The number of alkyl halides is 1. The molecule has 2 rings (SSSR count). The van der Waals surface area contributed by atoms with Crippen LogP contribution in [0.2, 0.25) is 0 Å². The molecule has 2 heterocycles. The molecule has 0 saturated carbocycles. The average molecular weight is 348 g/mol. The Balaban J connectivity index is 2.23. The lowest BCUT2D eigenvalue weighted by Crippen LogP contribution is -2.36. The van der Waals surface area contributed by atoms with Crippen molar-refractivity contribution in [3.8, 4) is 0 Å². The highest BCUT2D eigenvalue weighted by atomic mass is 35.5. The highest BCUT2D eigenvalue weighted by molar-refractivity contribution is 7.89. The van der Waals surface area contributed by atoms with E-state index < -0.39 is 10.0 Å². The van der Waals surface area contributed by atoms with Crippen molar-refractivity contribution in [2.75, 3.05) is 7.05 Å². The van der Waals surface area contributed by atoms with Gasteiger partial charge in [-0.1, -0.05) is 6.07 Å². The molecule has 0 bridgehead atoms. The Morgan fingerprint density at radius 3 is 2.71 bits per heavy atom. The van der Waals surface area contributed by atoms with E-state index in [4.69, 9.17) is 16.0 Å². The van der Waals surface area contributed by atoms with Gasteiger partial charge >= 0.3 is 0 Å². The predicted octanol–water partition coefficient (Wildman–Crippen LogP) is 3.64. The van der Waals surface area contributed by atoms with Crippen LogP contribution in [0.1, 0.15) is 23.3 Å². The molecule has 7 heteroatoms. The molecule has 0 amide bonds. The van der Waals surface area contributed by atoms with Gasteiger partial charge in [-0.2, -0.15) is 4.31 Å². The van der Waals surface area contributed by atoms with Gasteiger partial charge in [0.2, 0.25) is 10.0 Å². The summed E-state index contributed by atoms with van der Waals surface area (Å²) in [6.07, 6.45) is 0.687. The zero-order valence-electron chi connectivity index (χ0n) is 12.2. The van der Waals surface area contributed by atoms with Crippen molar-refractivity contribution in [3.63, 3.8) is 0 Å².